The van der Waals surface area contributed by atoms with E-state index in [1.807, 2.05) is 30.3 Å². The van der Waals surface area contributed by atoms with Crippen molar-refractivity contribution in [2.45, 2.75) is 64.8 Å². The molecule has 0 fully saturated rings. The molecule has 32 heavy (non-hydrogen) atoms. The van der Waals surface area contributed by atoms with E-state index in [4.69, 9.17) is 5.11 Å². The van der Waals surface area contributed by atoms with Crippen molar-refractivity contribution in [2.75, 3.05) is 0 Å². The van der Waals surface area contributed by atoms with Crippen LogP contribution in [0.3, 0.4) is 0 Å². The molecule has 0 bridgehead atoms. The van der Waals surface area contributed by atoms with Gasteiger partial charge in [-0.2, -0.15) is 8.78 Å². The van der Waals surface area contributed by atoms with E-state index >= 15 is 0 Å². The van der Waals surface area contributed by atoms with Gasteiger partial charge in [-0.15, -0.1) is 5.10 Å². The van der Waals surface area contributed by atoms with E-state index in [1.165, 1.54) is 0 Å². The topological polar surface area (TPSA) is 68.0 Å². The first-order chi connectivity index (χ1) is 15.3. The first-order valence-corrected chi connectivity index (χ1v) is 11.0. The summed E-state index contributed by atoms with van der Waals surface area (Å²) in [6, 6.07) is 14.7. The van der Waals surface area contributed by atoms with E-state index in [0.29, 0.717) is 31.6 Å². The summed E-state index contributed by atoms with van der Waals surface area (Å²) in [7, 11) is 0. The van der Waals surface area contributed by atoms with Gasteiger partial charge in [0.25, 0.3) is 0 Å². The second-order valence-electron chi connectivity index (χ2n) is 8.07. The highest BCUT2D eigenvalue weighted by atomic mass is 19.3. The zero-order chi connectivity index (χ0) is 23.1. The molecule has 1 N–H and O–H groups in total. The van der Waals surface area contributed by atoms with Gasteiger partial charge in [0, 0.05) is 12.8 Å². The molecule has 1 aromatic heterocycles. The first-order valence-electron chi connectivity index (χ1n) is 11.0. The Bertz CT molecular complexity index is 1050. The Morgan fingerprint density at radius 3 is 2.41 bits per heavy atom. The van der Waals surface area contributed by atoms with Crippen LogP contribution in [0, 0.1) is 0 Å². The Balaban J connectivity index is 1.76. The average Bonchev–Trinajstić information content (AvgIpc) is 3.17. The fraction of sp³-hybridized carbons (Fsp3) is 0.400. The third kappa shape index (κ3) is 5.99. The van der Waals surface area contributed by atoms with Crippen molar-refractivity contribution in [3.05, 3.63) is 82.4 Å². The van der Waals surface area contributed by atoms with E-state index in [-0.39, 0.29) is 17.8 Å². The number of alkyl halides is 2. The van der Waals surface area contributed by atoms with Gasteiger partial charge in [0.15, 0.2) is 0 Å². The number of halogens is 2. The lowest BCUT2D eigenvalue weighted by molar-refractivity contribution is -0.0232. The van der Waals surface area contributed by atoms with Crippen molar-refractivity contribution < 1.29 is 18.7 Å². The number of aryl methyl sites for hydroxylation is 1. The molecular weight excluding hydrogens is 412 g/mol. The molecule has 7 heteroatoms. The normalized spacial score (nSPS) is 11.6. The Kier molecular flexibility index (Phi) is 7.72. The van der Waals surface area contributed by atoms with Crippen molar-refractivity contribution in [1.29, 1.82) is 0 Å². The molecule has 5 nitrogen and oxygen atoms in total. The summed E-state index contributed by atoms with van der Waals surface area (Å²) in [5, 5.41) is 13.3. The number of aromatic carboxylic acids is 1. The Morgan fingerprint density at radius 2 is 1.75 bits per heavy atom. The van der Waals surface area contributed by atoms with E-state index in [1.54, 1.807) is 29.8 Å². The Labute approximate surface area is 187 Å². The van der Waals surface area contributed by atoms with Gasteiger partial charge >= 0.3 is 11.9 Å². The van der Waals surface area contributed by atoms with Gasteiger partial charge < -0.3 is 5.11 Å². The van der Waals surface area contributed by atoms with Gasteiger partial charge in [-0.05, 0) is 48.1 Å². The molecule has 0 saturated heterocycles. The number of rotatable bonds is 11. The number of nitrogens with zero attached hydrogens (tertiary/aromatic N) is 3. The fourth-order valence-electron chi connectivity index (χ4n) is 3.59. The van der Waals surface area contributed by atoms with Crippen molar-refractivity contribution in [2.24, 2.45) is 0 Å². The molecule has 0 spiro atoms. The predicted octanol–water partition coefficient (Wildman–Crippen LogP) is 5.85. The molecule has 1 heterocycles. The summed E-state index contributed by atoms with van der Waals surface area (Å²) in [5.74, 6) is -3.76. The van der Waals surface area contributed by atoms with Crippen molar-refractivity contribution in [1.82, 2.24) is 14.8 Å². The van der Waals surface area contributed by atoms with Crippen LogP contribution in [0.1, 0.15) is 78.2 Å². The molecule has 0 radical (unpaired) electrons. The highest BCUT2D eigenvalue weighted by molar-refractivity contribution is 5.87. The maximum absolute atomic E-state index is 14.4. The smallest absolute Gasteiger partial charge is 0.335 e. The van der Waals surface area contributed by atoms with Gasteiger partial charge in [0.2, 0.25) is 5.82 Å². The highest BCUT2D eigenvalue weighted by Crippen LogP contribution is 2.30. The van der Waals surface area contributed by atoms with Gasteiger partial charge in [-0.25, -0.2) is 14.5 Å². The lowest BCUT2D eigenvalue weighted by Crippen LogP contribution is -2.15. The SMILES string of the molecule is CCCCc1nc(C(F)(F)CCC)nn1Cc1ccc(Cc2cccc(C(=O)O)c2)cc1. The fourth-order valence-corrected chi connectivity index (χ4v) is 3.59. The van der Waals surface area contributed by atoms with Crippen molar-refractivity contribution in [3.8, 4) is 0 Å². The van der Waals surface area contributed by atoms with Crippen LogP contribution >= 0.6 is 0 Å². The number of carbonyl (C=O) groups is 1. The first kappa shape index (κ1) is 23.6. The molecular formula is C25H29F2N3O2. The number of unbranched alkanes of at least 4 members (excludes halogenated alkanes) is 1. The van der Waals surface area contributed by atoms with Gasteiger partial charge in [0.1, 0.15) is 5.82 Å². The molecule has 170 valence electrons. The number of benzene rings is 2. The summed E-state index contributed by atoms with van der Waals surface area (Å²) in [5.41, 5.74) is 3.16. The number of carboxylic acid groups (broad SMARTS) is 1. The molecule has 0 amide bonds. The Hall–Kier alpha value is -3.09. The molecule has 0 unspecified atom stereocenters. The summed E-state index contributed by atoms with van der Waals surface area (Å²) >= 11 is 0. The minimum absolute atomic E-state index is 0.262. The standard InChI is InChI=1S/C25H29F2N3O2/c1-3-5-9-22-28-24(25(26,27)14-4-2)29-30(22)17-19-12-10-18(11-13-19)15-20-7-6-8-21(16-20)23(31)32/h6-8,10-13,16H,3-5,9,14-15,17H2,1-2H3,(H,31,32). The summed E-state index contributed by atoms with van der Waals surface area (Å²) < 4.78 is 30.3. The van der Waals surface area contributed by atoms with Crippen molar-refractivity contribution >= 4 is 5.97 Å². The third-order valence-electron chi connectivity index (χ3n) is 5.33. The minimum atomic E-state index is -3.02. The van der Waals surface area contributed by atoms with E-state index in [9.17, 15) is 13.6 Å². The van der Waals surface area contributed by atoms with Crippen LogP contribution in [0.5, 0.6) is 0 Å². The van der Waals surface area contributed by atoms with Crippen LogP contribution in [0.15, 0.2) is 48.5 Å². The zero-order valence-electron chi connectivity index (χ0n) is 18.5. The van der Waals surface area contributed by atoms with Crippen LogP contribution in [0.2, 0.25) is 0 Å². The van der Waals surface area contributed by atoms with Crippen LogP contribution < -0.4 is 0 Å². The average molecular weight is 442 g/mol. The van der Waals surface area contributed by atoms with Gasteiger partial charge in [-0.1, -0.05) is 56.7 Å². The molecule has 0 aliphatic rings. The predicted molar refractivity (Wildman–Crippen MR) is 119 cm³/mol. The maximum atomic E-state index is 14.4. The molecule has 0 aliphatic heterocycles. The van der Waals surface area contributed by atoms with Crippen molar-refractivity contribution in [3.63, 3.8) is 0 Å². The number of aromatic nitrogens is 3. The quantitative estimate of drug-likeness (QED) is 0.405. The second-order valence-corrected chi connectivity index (χ2v) is 8.07. The molecule has 0 saturated carbocycles. The largest absolute Gasteiger partial charge is 0.478 e. The zero-order valence-corrected chi connectivity index (χ0v) is 18.5. The summed E-state index contributed by atoms with van der Waals surface area (Å²) in [4.78, 5) is 15.3. The number of hydrogen-bond acceptors (Lipinski definition) is 3. The van der Waals surface area contributed by atoms with Gasteiger partial charge in [-0.3, -0.25) is 0 Å². The maximum Gasteiger partial charge on any atom is 0.335 e. The van der Waals surface area contributed by atoms with E-state index in [0.717, 1.165) is 29.5 Å². The lowest BCUT2D eigenvalue weighted by Gasteiger charge is -2.10. The van der Waals surface area contributed by atoms with Crippen LogP contribution in [-0.2, 0) is 25.3 Å². The molecule has 3 rings (SSSR count). The van der Waals surface area contributed by atoms with Crippen LogP contribution in [0.25, 0.3) is 0 Å². The second kappa shape index (κ2) is 10.5. The monoisotopic (exact) mass is 441 g/mol. The number of hydrogen-bond donors (Lipinski definition) is 1. The summed E-state index contributed by atoms with van der Waals surface area (Å²) in [6.07, 6.45) is 3.14. The highest BCUT2D eigenvalue weighted by Gasteiger charge is 2.36. The van der Waals surface area contributed by atoms with Crippen LogP contribution in [-0.4, -0.2) is 25.8 Å². The van der Waals surface area contributed by atoms with Gasteiger partial charge in [0.05, 0.1) is 12.1 Å². The van der Waals surface area contributed by atoms with E-state index in [2.05, 4.69) is 17.0 Å². The third-order valence-corrected chi connectivity index (χ3v) is 5.33. The van der Waals surface area contributed by atoms with Crippen LogP contribution in [0.4, 0.5) is 8.78 Å². The molecule has 3 aromatic rings. The molecule has 0 aliphatic carbocycles. The minimum Gasteiger partial charge on any atom is -0.478 e. The lowest BCUT2D eigenvalue weighted by atomic mass is 10.0. The Morgan fingerprint density at radius 1 is 1.03 bits per heavy atom. The number of carboxylic acids is 1. The molecule has 2 aromatic carbocycles. The summed E-state index contributed by atoms with van der Waals surface area (Å²) in [6.45, 7) is 4.16. The van der Waals surface area contributed by atoms with E-state index < -0.39 is 11.9 Å². The molecule has 0 atom stereocenters.